The lowest BCUT2D eigenvalue weighted by molar-refractivity contribution is -0.137. The molecule has 0 aliphatic carbocycles. The van der Waals surface area contributed by atoms with Crippen molar-refractivity contribution in [2.45, 2.75) is 11.1 Å². The molecule has 0 nitrogen and oxygen atoms in total. The average Bonchev–Trinajstić information content (AvgIpc) is 1.92. The molecule has 0 unspecified atom stereocenters. The molecule has 0 atom stereocenters. The highest BCUT2D eigenvalue weighted by molar-refractivity contribution is 7.80. The summed E-state index contributed by atoms with van der Waals surface area (Å²) in [5.41, 5.74) is -0.777. The Balaban J connectivity index is 3.14. The smallest absolute Gasteiger partial charge is 0.166 e. The average molecular weight is 212 g/mol. The first kappa shape index (κ1) is 9.61. The molecule has 0 heterocycles. The molecule has 65 valence electrons. The lowest BCUT2D eigenvalue weighted by Crippen LogP contribution is -2.04. The summed E-state index contributed by atoms with van der Waals surface area (Å²) in [4.78, 5) is 0.227. The normalized spacial score (nSPS) is 11.7. The van der Waals surface area contributed by atoms with Crippen molar-refractivity contribution in [1.29, 1.82) is 0 Å². The third-order valence-electron chi connectivity index (χ3n) is 1.26. The van der Waals surface area contributed by atoms with Gasteiger partial charge in [0.2, 0.25) is 0 Å². The second kappa shape index (κ2) is 3.11. The Morgan fingerprint density at radius 2 is 1.83 bits per heavy atom. The molecule has 1 rings (SSSR count). The Hall–Kier alpha value is -0.480. The summed E-state index contributed by atoms with van der Waals surface area (Å²) < 4.78 is 36.0. The zero-order chi connectivity index (χ0) is 9.35. The zero-order valence-electron chi connectivity index (χ0n) is 5.65. The van der Waals surface area contributed by atoms with E-state index in [1.54, 1.807) is 0 Å². The molecular weight excluding hydrogens is 209 g/mol. The third kappa shape index (κ3) is 2.01. The van der Waals surface area contributed by atoms with E-state index < -0.39 is 11.7 Å². The van der Waals surface area contributed by atoms with Crippen molar-refractivity contribution in [3.63, 3.8) is 0 Å². The van der Waals surface area contributed by atoms with Gasteiger partial charge in [0.25, 0.3) is 0 Å². The molecule has 0 fully saturated rings. The van der Waals surface area contributed by atoms with Crippen LogP contribution in [-0.2, 0) is 6.18 Å². The van der Waals surface area contributed by atoms with E-state index in [-0.39, 0.29) is 9.92 Å². The molecule has 0 amide bonds. The van der Waals surface area contributed by atoms with Crippen LogP contribution in [-0.4, -0.2) is 0 Å². The molecule has 0 aliphatic heterocycles. The zero-order valence-corrected chi connectivity index (χ0v) is 7.22. The van der Waals surface area contributed by atoms with Gasteiger partial charge in [-0.25, -0.2) is 0 Å². The van der Waals surface area contributed by atoms with E-state index >= 15 is 0 Å². The van der Waals surface area contributed by atoms with Gasteiger partial charge in [0.05, 0.1) is 15.5 Å². The van der Waals surface area contributed by atoms with Crippen LogP contribution in [0.5, 0.6) is 0 Å². The highest BCUT2D eigenvalue weighted by Gasteiger charge is 2.30. The minimum atomic E-state index is -4.35. The number of alkyl halides is 3. The van der Waals surface area contributed by atoms with Crippen molar-refractivity contribution in [2.24, 2.45) is 0 Å². The van der Waals surface area contributed by atoms with Gasteiger partial charge in [-0.05, 0) is 18.2 Å². The topological polar surface area (TPSA) is 0 Å². The van der Waals surface area contributed by atoms with E-state index in [0.29, 0.717) is 0 Å². The molecule has 0 bridgehead atoms. The third-order valence-corrected chi connectivity index (χ3v) is 2.04. The Kier molecular flexibility index (Phi) is 2.49. The largest absolute Gasteiger partial charge is 0.416 e. The van der Waals surface area contributed by atoms with Crippen LogP contribution in [0, 0.1) is 0 Å². The summed E-state index contributed by atoms with van der Waals surface area (Å²) in [7, 11) is 0. The first-order valence-electron chi connectivity index (χ1n) is 2.95. The molecule has 0 N–H and O–H groups in total. The Morgan fingerprint density at radius 1 is 1.25 bits per heavy atom. The van der Waals surface area contributed by atoms with E-state index in [9.17, 15) is 13.2 Å². The van der Waals surface area contributed by atoms with Gasteiger partial charge in [-0.1, -0.05) is 24.2 Å². The maximum Gasteiger partial charge on any atom is 0.416 e. The molecule has 0 aromatic heterocycles. The van der Waals surface area contributed by atoms with Crippen molar-refractivity contribution in [3.05, 3.63) is 28.8 Å². The molecule has 5 heteroatoms. The van der Waals surface area contributed by atoms with Gasteiger partial charge >= 0.3 is 6.18 Å². The summed E-state index contributed by atoms with van der Waals surface area (Å²) in [6.07, 6.45) is -4.35. The van der Waals surface area contributed by atoms with Gasteiger partial charge in [0.15, 0.2) is 0 Å². The fourth-order valence-corrected chi connectivity index (χ4v) is 0.985. The fraction of sp³-hybridized carbons (Fsp3) is 0.143. The standard InChI is InChI=1S/C7H3ClF3S/c8-5-3-4(7(9,10)11)1-2-6(5)12/h1-3H. The monoisotopic (exact) mass is 211 g/mol. The molecule has 1 radical (unpaired) electrons. The molecule has 0 aliphatic rings. The number of halogens is 4. The highest BCUT2D eigenvalue weighted by atomic mass is 35.5. The fourth-order valence-electron chi connectivity index (χ4n) is 0.677. The first-order chi connectivity index (χ1) is 5.41. The number of benzene rings is 1. The quantitative estimate of drug-likeness (QED) is 0.610. The second-order valence-corrected chi connectivity index (χ2v) is 2.99. The highest BCUT2D eigenvalue weighted by Crippen LogP contribution is 2.32. The van der Waals surface area contributed by atoms with Gasteiger partial charge in [0.1, 0.15) is 0 Å². The van der Waals surface area contributed by atoms with Crippen molar-refractivity contribution < 1.29 is 13.2 Å². The minimum Gasteiger partial charge on any atom is -0.166 e. The van der Waals surface area contributed by atoms with Crippen molar-refractivity contribution in [1.82, 2.24) is 0 Å². The summed E-state index contributed by atoms with van der Waals surface area (Å²) in [6.45, 7) is 0. The van der Waals surface area contributed by atoms with Crippen LogP contribution in [0.2, 0.25) is 5.02 Å². The summed E-state index contributed by atoms with van der Waals surface area (Å²) in [5.74, 6) is 0. The van der Waals surface area contributed by atoms with Crippen LogP contribution in [0.25, 0.3) is 0 Å². The molecule has 0 spiro atoms. The number of hydrogen-bond donors (Lipinski definition) is 0. The van der Waals surface area contributed by atoms with Crippen molar-refractivity contribution in [2.75, 3.05) is 0 Å². The van der Waals surface area contributed by atoms with E-state index in [1.807, 2.05) is 0 Å². The van der Waals surface area contributed by atoms with Crippen LogP contribution >= 0.6 is 24.2 Å². The van der Waals surface area contributed by atoms with Gasteiger partial charge in [-0.3, -0.25) is 0 Å². The van der Waals surface area contributed by atoms with Gasteiger partial charge in [-0.15, -0.1) is 0 Å². The predicted molar refractivity (Wildman–Crippen MR) is 42.3 cm³/mol. The van der Waals surface area contributed by atoms with E-state index in [0.717, 1.165) is 12.1 Å². The summed E-state index contributed by atoms with van der Waals surface area (Å²) >= 11 is 10.1. The number of hydrogen-bond acceptors (Lipinski definition) is 0. The first-order valence-corrected chi connectivity index (χ1v) is 3.73. The van der Waals surface area contributed by atoms with E-state index in [1.165, 1.54) is 6.07 Å². The van der Waals surface area contributed by atoms with Crippen LogP contribution in [0.4, 0.5) is 13.2 Å². The number of rotatable bonds is 0. The van der Waals surface area contributed by atoms with Crippen LogP contribution < -0.4 is 0 Å². The van der Waals surface area contributed by atoms with Crippen LogP contribution in [0.15, 0.2) is 23.1 Å². The Morgan fingerprint density at radius 3 is 2.25 bits per heavy atom. The van der Waals surface area contributed by atoms with E-state index in [4.69, 9.17) is 11.6 Å². The predicted octanol–water partition coefficient (Wildman–Crippen LogP) is 3.92. The minimum absolute atomic E-state index is 0.0418. The SMILES string of the molecule is FC(F)(F)c1ccc([S])c(Cl)c1. The molecule has 0 saturated heterocycles. The van der Waals surface area contributed by atoms with Crippen molar-refractivity contribution in [3.8, 4) is 0 Å². The second-order valence-electron chi connectivity index (χ2n) is 2.14. The maximum atomic E-state index is 12.0. The molecule has 1 aromatic carbocycles. The molecule has 12 heavy (non-hydrogen) atoms. The van der Waals surface area contributed by atoms with Gasteiger partial charge in [-0.2, -0.15) is 13.2 Å². The maximum absolute atomic E-state index is 12.0. The Labute approximate surface area is 77.8 Å². The molecule has 1 aromatic rings. The summed E-state index contributed by atoms with van der Waals surface area (Å²) in [5, 5.41) is -0.0418. The van der Waals surface area contributed by atoms with Gasteiger partial charge < -0.3 is 0 Å². The lowest BCUT2D eigenvalue weighted by Gasteiger charge is -2.06. The van der Waals surface area contributed by atoms with E-state index in [2.05, 4.69) is 12.6 Å². The van der Waals surface area contributed by atoms with Crippen molar-refractivity contribution >= 4 is 24.2 Å². The van der Waals surface area contributed by atoms with Crippen LogP contribution in [0.3, 0.4) is 0 Å². The lowest BCUT2D eigenvalue weighted by atomic mass is 10.2. The summed E-state index contributed by atoms with van der Waals surface area (Å²) in [6, 6.07) is 2.90. The van der Waals surface area contributed by atoms with Gasteiger partial charge in [0, 0.05) is 0 Å². The Bertz CT molecular complexity index is 295. The van der Waals surface area contributed by atoms with Crippen LogP contribution in [0.1, 0.15) is 5.56 Å². The molecule has 0 saturated carbocycles. The molecular formula is C7H3ClF3S.